The van der Waals surface area contributed by atoms with Crippen LogP contribution >= 0.6 is 0 Å². The van der Waals surface area contributed by atoms with Crippen LogP contribution in [0.25, 0.3) is 0 Å². The molecule has 38 heavy (non-hydrogen) atoms. The fraction of sp³-hybridized carbons (Fsp3) is 0.286. The van der Waals surface area contributed by atoms with Gasteiger partial charge in [0.2, 0.25) is 5.75 Å². The van der Waals surface area contributed by atoms with Crippen LogP contribution in [0.5, 0.6) is 17.2 Å². The predicted octanol–water partition coefficient (Wildman–Crippen LogP) is 4.21. The van der Waals surface area contributed by atoms with E-state index in [0.29, 0.717) is 46.3 Å². The summed E-state index contributed by atoms with van der Waals surface area (Å²) in [6.45, 7) is 1.35. The number of nitrogen functional groups attached to an aromatic ring is 1. The summed E-state index contributed by atoms with van der Waals surface area (Å²) >= 11 is 0. The molecule has 4 rings (SSSR count). The smallest absolute Gasteiger partial charge is 0.405 e. The van der Waals surface area contributed by atoms with E-state index in [1.807, 2.05) is 24.3 Å². The molecule has 1 heterocycles. The number of rotatable bonds is 9. The number of amides is 2. The number of carbonyl (C=O) groups is 2. The molecule has 2 atom stereocenters. The number of nitrogens with two attached hydrogens (primary N) is 2. The highest BCUT2D eigenvalue weighted by Gasteiger charge is 2.34. The van der Waals surface area contributed by atoms with E-state index in [2.05, 4.69) is 10.2 Å². The highest BCUT2D eigenvalue weighted by atomic mass is 16.6. The Morgan fingerprint density at radius 1 is 0.974 bits per heavy atom. The molecule has 10 nitrogen and oxygen atoms in total. The van der Waals surface area contributed by atoms with Gasteiger partial charge in [-0.1, -0.05) is 12.1 Å². The number of hydrogen-bond donors (Lipinski definition) is 3. The lowest BCUT2D eigenvalue weighted by Gasteiger charge is -2.26. The maximum atomic E-state index is 12.7. The van der Waals surface area contributed by atoms with Gasteiger partial charge in [-0.3, -0.25) is 4.79 Å². The predicted molar refractivity (Wildman–Crippen MR) is 145 cm³/mol. The molecule has 200 valence electrons. The summed E-state index contributed by atoms with van der Waals surface area (Å²) in [4.78, 5) is 26.7. The van der Waals surface area contributed by atoms with Crippen LogP contribution in [-0.2, 0) is 4.74 Å². The van der Waals surface area contributed by atoms with Crippen molar-refractivity contribution in [2.45, 2.75) is 12.5 Å². The molecule has 0 radical (unpaired) electrons. The standard InChI is InChI=1S/C28H32N4O6/c1-35-23-14-19(15-24(36-2)26(23)37-3)25(38-28(30)34)18-12-13-32(16-18)20-10-8-17(9-11-20)27(33)31-22-7-5-4-6-21(22)29/h4-11,14-15,18,25H,12-13,16,29H2,1-3H3,(H2,30,34)(H,31,33). The minimum atomic E-state index is -0.864. The number of primary amides is 1. The molecule has 2 unspecified atom stereocenters. The van der Waals surface area contributed by atoms with Crippen LogP contribution in [0.15, 0.2) is 60.7 Å². The summed E-state index contributed by atoms with van der Waals surface area (Å²) < 4.78 is 22.0. The summed E-state index contributed by atoms with van der Waals surface area (Å²) in [5.41, 5.74) is 14.6. The molecule has 0 aromatic heterocycles. The molecular weight excluding hydrogens is 488 g/mol. The van der Waals surface area contributed by atoms with Crippen LogP contribution in [0.3, 0.4) is 0 Å². The van der Waals surface area contributed by atoms with E-state index in [1.165, 1.54) is 21.3 Å². The van der Waals surface area contributed by atoms with Gasteiger partial charge in [0.25, 0.3) is 5.91 Å². The third-order valence-corrected chi connectivity index (χ3v) is 6.62. The summed E-state index contributed by atoms with van der Waals surface area (Å²) in [7, 11) is 4.58. The summed E-state index contributed by atoms with van der Waals surface area (Å²) in [5.74, 6) is 1.07. The minimum Gasteiger partial charge on any atom is -0.493 e. The first kappa shape index (κ1) is 26.5. The second-order valence-corrected chi connectivity index (χ2v) is 8.90. The van der Waals surface area contributed by atoms with E-state index in [-0.39, 0.29) is 11.8 Å². The van der Waals surface area contributed by atoms with Crippen LogP contribution < -0.4 is 35.9 Å². The van der Waals surface area contributed by atoms with Gasteiger partial charge < -0.3 is 40.6 Å². The summed E-state index contributed by atoms with van der Waals surface area (Å²) in [5, 5.41) is 2.83. The minimum absolute atomic E-state index is 0.0469. The fourth-order valence-corrected chi connectivity index (χ4v) is 4.73. The Balaban J connectivity index is 1.50. The number of methoxy groups -OCH3 is 3. The fourth-order valence-electron chi connectivity index (χ4n) is 4.73. The molecule has 1 aliphatic heterocycles. The van der Waals surface area contributed by atoms with Gasteiger partial charge in [0.15, 0.2) is 11.5 Å². The monoisotopic (exact) mass is 520 g/mol. The van der Waals surface area contributed by atoms with Crippen molar-refractivity contribution in [3.63, 3.8) is 0 Å². The number of anilines is 3. The van der Waals surface area contributed by atoms with Crippen molar-refractivity contribution in [3.8, 4) is 17.2 Å². The van der Waals surface area contributed by atoms with Crippen LogP contribution in [0.1, 0.15) is 28.4 Å². The average Bonchev–Trinajstić information content (AvgIpc) is 3.42. The van der Waals surface area contributed by atoms with E-state index >= 15 is 0 Å². The Bertz CT molecular complexity index is 1270. The highest BCUT2D eigenvalue weighted by molar-refractivity contribution is 6.05. The number of hydrogen-bond acceptors (Lipinski definition) is 8. The highest BCUT2D eigenvalue weighted by Crippen LogP contribution is 2.43. The first-order chi connectivity index (χ1) is 18.3. The largest absolute Gasteiger partial charge is 0.493 e. The van der Waals surface area contributed by atoms with Crippen LogP contribution in [0.2, 0.25) is 0 Å². The van der Waals surface area contributed by atoms with Gasteiger partial charge in [0.05, 0.1) is 32.7 Å². The van der Waals surface area contributed by atoms with Crippen molar-refractivity contribution in [3.05, 3.63) is 71.8 Å². The zero-order valence-corrected chi connectivity index (χ0v) is 21.6. The second-order valence-electron chi connectivity index (χ2n) is 8.90. The molecule has 10 heteroatoms. The number of carbonyl (C=O) groups excluding carboxylic acids is 2. The topological polar surface area (TPSA) is 138 Å². The summed E-state index contributed by atoms with van der Waals surface area (Å²) in [6, 6.07) is 18.0. The summed E-state index contributed by atoms with van der Waals surface area (Å²) in [6.07, 6.45) is -0.728. The number of benzene rings is 3. The molecule has 0 aliphatic carbocycles. The van der Waals surface area contributed by atoms with Gasteiger partial charge in [-0.25, -0.2) is 4.79 Å². The van der Waals surface area contributed by atoms with Crippen molar-refractivity contribution in [1.29, 1.82) is 0 Å². The van der Waals surface area contributed by atoms with Crippen LogP contribution in [0.4, 0.5) is 21.9 Å². The first-order valence-corrected chi connectivity index (χ1v) is 12.1. The quantitative estimate of drug-likeness (QED) is 0.357. The maximum Gasteiger partial charge on any atom is 0.405 e. The molecule has 3 aromatic rings. The van der Waals surface area contributed by atoms with Gasteiger partial charge >= 0.3 is 6.09 Å². The zero-order valence-electron chi connectivity index (χ0n) is 21.6. The second kappa shape index (κ2) is 11.6. The van der Waals surface area contributed by atoms with Gasteiger partial charge in [0.1, 0.15) is 6.10 Å². The Morgan fingerprint density at radius 2 is 1.63 bits per heavy atom. The molecular formula is C28H32N4O6. The first-order valence-electron chi connectivity index (χ1n) is 12.1. The van der Waals surface area contributed by atoms with E-state index in [0.717, 1.165) is 18.7 Å². The van der Waals surface area contributed by atoms with Crippen molar-refractivity contribution >= 4 is 29.1 Å². The molecule has 5 N–H and O–H groups in total. The Hall–Kier alpha value is -4.60. The van der Waals surface area contributed by atoms with Crippen molar-refractivity contribution in [2.75, 3.05) is 50.4 Å². The molecule has 1 fully saturated rings. The van der Waals surface area contributed by atoms with E-state index < -0.39 is 12.2 Å². The lowest BCUT2D eigenvalue weighted by atomic mass is 9.94. The molecule has 0 saturated carbocycles. The number of nitrogens with zero attached hydrogens (tertiary/aromatic N) is 1. The van der Waals surface area contributed by atoms with Crippen molar-refractivity contribution < 1.29 is 28.5 Å². The molecule has 1 saturated heterocycles. The SMILES string of the molecule is COc1cc(C(OC(N)=O)C2CCN(c3ccc(C(=O)Nc4ccccc4N)cc3)C2)cc(OC)c1OC. The van der Waals surface area contributed by atoms with Crippen LogP contribution in [0, 0.1) is 5.92 Å². The van der Waals surface area contributed by atoms with Gasteiger partial charge in [-0.15, -0.1) is 0 Å². The Morgan fingerprint density at radius 3 is 2.21 bits per heavy atom. The average molecular weight is 521 g/mol. The Kier molecular flexibility index (Phi) is 8.10. The molecule has 1 aliphatic rings. The number of para-hydroxylation sites is 2. The van der Waals surface area contributed by atoms with E-state index in [4.69, 9.17) is 30.4 Å². The number of nitrogens with one attached hydrogen (secondary N) is 1. The van der Waals surface area contributed by atoms with Crippen molar-refractivity contribution in [1.82, 2.24) is 0 Å². The van der Waals surface area contributed by atoms with E-state index in [9.17, 15) is 9.59 Å². The van der Waals surface area contributed by atoms with E-state index in [1.54, 1.807) is 36.4 Å². The molecule has 2 amide bonds. The zero-order chi connectivity index (χ0) is 27.2. The van der Waals surface area contributed by atoms with Gasteiger partial charge in [-0.05, 0) is 55.0 Å². The third kappa shape index (κ3) is 5.69. The molecule has 3 aromatic carbocycles. The van der Waals surface area contributed by atoms with Crippen LogP contribution in [-0.4, -0.2) is 46.4 Å². The normalized spacial score (nSPS) is 15.4. The molecule has 0 spiro atoms. The van der Waals surface area contributed by atoms with Gasteiger partial charge in [0, 0.05) is 35.8 Å². The van der Waals surface area contributed by atoms with Crippen molar-refractivity contribution in [2.24, 2.45) is 11.7 Å². The lowest BCUT2D eigenvalue weighted by molar-refractivity contribution is 0.0735. The Labute approximate surface area is 221 Å². The number of ether oxygens (including phenoxy) is 4. The van der Waals surface area contributed by atoms with Gasteiger partial charge in [-0.2, -0.15) is 0 Å². The molecule has 0 bridgehead atoms. The maximum absolute atomic E-state index is 12.7. The third-order valence-electron chi connectivity index (χ3n) is 6.62. The lowest BCUT2D eigenvalue weighted by Crippen LogP contribution is -2.26.